The predicted molar refractivity (Wildman–Crippen MR) is 82.8 cm³/mol. The van der Waals surface area contributed by atoms with E-state index in [4.69, 9.17) is 5.11 Å². The summed E-state index contributed by atoms with van der Waals surface area (Å²) in [7, 11) is -3.48. The molecule has 0 aliphatic heterocycles. The molecule has 0 atom stereocenters. The van der Waals surface area contributed by atoms with Crippen molar-refractivity contribution in [2.75, 3.05) is 11.1 Å². The molecule has 0 spiro atoms. The first-order chi connectivity index (χ1) is 10.3. The molecule has 1 aliphatic rings. The molecule has 22 heavy (non-hydrogen) atoms. The fraction of sp³-hybridized carbons (Fsp3) is 0.467. The van der Waals surface area contributed by atoms with Crippen LogP contribution in [0, 0.1) is 6.92 Å². The van der Waals surface area contributed by atoms with Crippen LogP contribution in [0.2, 0.25) is 0 Å². The van der Waals surface area contributed by atoms with Gasteiger partial charge in [-0.1, -0.05) is 24.5 Å². The molecule has 2 N–H and O–H groups in total. The van der Waals surface area contributed by atoms with Crippen LogP contribution >= 0.6 is 0 Å². The minimum Gasteiger partial charge on any atom is -0.478 e. The molecule has 1 aromatic carbocycles. The lowest BCUT2D eigenvalue weighted by atomic mass is 10.1. The van der Waals surface area contributed by atoms with Crippen molar-refractivity contribution in [2.24, 2.45) is 0 Å². The Kier molecular flexibility index (Phi) is 4.85. The van der Waals surface area contributed by atoms with E-state index in [0.717, 1.165) is 18.4 Å². The zero-order valence-corrected chi connectivity index (χ0v) is 13.1. The number of carbonyl (C=O) groups is 2. The molecule has 0 saturated heterocycles. The van der Waals surface area contributed by atoms with Crippen LogP contribution in [0.15, 0.2) is 18.2 Å². The van der Waals surface area contributed by atoms with Gasteiger partial charge < -0.3 is 10.4 Å². The Bertz CT molecular complexity index is 690. The number of sulfone groups is 1. The van der Waals surface area contributed by atoms with Gasteiger partial charge in [-0.15, -0.1) is 0 Å². The monoisotopic (exact) mass is 325 g/mol. The SMILES string of the molecule is Cc1ccc(NC(=O)CS(=O)(=O)C2CCCC2)c(C(=O)O)c1. The molecule has 1 amide bonds. The van der Waals surface area contributed by atoms with Gasteiger partial charge in [-0.2, -0.15) is 0 Å². The summed E-state index contributed by atoms with van der Waals surface area (Å²) >= 11 is 0. The highest BCUT2D eigenvalue weighted by Crippen LogP contribution is 2.25. The normalized spacial score (nSPS) is 15.7. The van der Waals surface area contributed by atoms with E-state index in [1.807, 2.05) is 0 Å². The smallest absolute Gasteiger partial charge is 0.337 e. The van der Waals surface area contributed by atoms with Crippen LogP contribution < -0.4 is 5.32 Å². The van der Waals surface area contributed by atoms with Crippen LogP contribution in [0.3, 0.4) is 0 Å². The summed E-state index contributed by atoms with van der Waals surface area (Å²) < 4.78 is 24.3. The number of hydrogen-bond donors (Lipinski definition) is 2. The number of amides is 1. The highest BCUT2D eigenvalue weighted by molar-refractivity contribution is 7.92. The molecular weight excluding hydrogens is 306 g/mol. The third-order valence-corrected chi connectivity index (χ3v) is 5.97. The highest BCUT2D eigenvalue weighted by atomic mass is 32.2. The Hall–Kier alpha value is -1.89. The standard InChI is InChI=1S/C15H19NO5S/c1-10-6-7-13(12(8-10)15(18)19)16-14(17)9-22(20,21)11-4-2-3-5-11/h6-8,11H,2-5,9H2,1H3,(H,16,17)(H,18,19). The summed E-state index contributed by atoms with van der Waals surface area (Å²) in [6.45, 7) is 1.74. The van der Waals surface area contributed by atoms with E-state index < -0.39 is 32.7 Å². The zero-order valence-electron chi connectivity index (χ0n) is 12.3. The molecule has 120 valence electrons. The summed E-state index contributed by atoms with van der Waals surface area (Å²) in [6.07, 6.45) is 2.93. The Morgan fingerprint density at radius 3 is 2.50 bits per heavy atom. The Morgan fingerprint density at radius 2 is 1.91 bits per heavy atom. The quantitative estimate of drug-likeness (QED) is 0.862. The van der Waals surface area contributed by atoms with Crippen LogP contribution in [0.1, 0.15) is 41.6 Å². The molecule has 0 heterocycles. The number of rotatable bonds is 5. The van der Waals surface area contributed by atoms with Gasteiger partial charge in [-0.05, 0) is 31.9 Å². The Labute approximate surface area is 129 Å². The number of nitrogens with one attached hydrogen (secondary N) is 1. The van der Waals surface area contributed by atoms with Crippen molar-refractivity contribution in [3.05, 3.63) is 29.3 Å². The first kappa shape index (κ1) is 16.5. The second-order valence-electron chi connectivity index (χ2n) is 5.62. The van der Waals surface area contributed by atoms with Crippen LogP contribution in [-0.2, 0) is 14.6 Å². The van der Waals surface area contributed by atoms with Gasteiger partial charge in [-0.25, -0.2) is 13.2 Å². The van der Waals surface area contributed by atoms with Crippen molar-refractivity contribution in [3.8, 4) is 0 Å². The van der Waals surface area contributed by atoms with E-state index in [0.29, 0.717) is 12.8 Å². The summed E-state index contributed by atoms with van der Waals surface area (Å²) in [5, 5.41) is 11.1. The van der Waals surface area contributed by atoms with Gasteiger partial charge in [0.25, 0.3) is 0 Å². The largest absolute Gasteiger partial charge is 0.478 e. The summed E-state index contributed by atoms with van der Waals surface area (Å²) in [6, 6.07) is 4.57. The van der Waals surface area contributed by atoms with E-state index in [-0.39, 0.29) is 11.3 Å². The number of carboxylic acid groups (broad SMARTS) is 1. The van der Waals surface area contributed by atoms with Gasteiger partial charge in [0, 0.05) is 0 Å². The molecular formula is C15H19NO5S. The third kappa shape index (κ3) is 3.85. The molecule has 1 aromatic rings. The number of benzene rings is 1. The van der Waals surface area contributed by atoms with E-state index in [9.17, 15) is 18.0 Å². The van der Waals surface area contributed by atoms with Gasteiger partial charge in [0.05, 0.1) is 16.5 Å². The van der Waals surface area contributed by atoms with Gasteiger partial charge in [0.15, 0.2) is 9.84 Å². The molecule has 0 bridgehead atoms. The number of aromatic carboxylic acids is 1. The summed E-state index contributed by atoms with van der Waals surface area (Å²) in [4.78, 5) is 23.1. The van der Waals surface area contributed by atoms with Gasteiger partial charge >= 0.3 is 5.97 Å². The molecule has 0 radical (unpaired) electrons. The second-order valence-corrected chi connectivity index (χ2v) is 7.90. The Balaban J connectivity index is 2.11. The fourth-order valence-electron chi connectivity index (χ4n) is 2.68. The van der Waals surface area contributed by atoms with Crippen molar-refractivity contribution in [1.82, 2.24) is 0 Å². The predicted octanol–water partition coefficient (Wildman–Crippen LogP) is 1.99. The van der Waals surface area contributed by atoms with Crippen LogP contribution in [0.4, 0.5) is 5.69 Å². The van der Waals surface area contributed by atoms with Crippen LogP contribution in [0.5, 0.6) is 0 Å². The molecule has 6 nitrogen and oxygen atoms in total. The zero-order chi connectivity index (χ0) is 16.3. The minimum atomic E-state index is -3.48. The fourth-order valence-corrected chi connectivity index (χ4v) is 4.40. The van der Waals surface area contributed by atoms with Crippen LogP contribution in [0.25, 0.3) is 0 Å². The maximum atomic E-state index is 12.1. The lowest BCUT2D eigenvalue weighted by Gasteiger charge is -2.12. The van der Waals surface area contributed by atoms with E-state index >= 15 is 0 Å². The summed E-state index contributed by atoms with van der Waals surface area (Å²) in [5.74, 6) is -2.47. The van der Waals surface area contributed by atoms with E-state index in [1.54, 1.807) is 13.0 Å². The average molecular weight is 325 g/mol. The molecule has 1 fully saturated rings. The van der Waals surface area contributed by atoms with Crippen molar-refractivity contribution in [1.29, 1.82) is 0 Å². The second kappa shape index (κ2) is 6.48. The highest BCUT2D eigenvalue weighted by Gasteiger charge is 2.30. The van der Waals surface area contributed by atoms with Gasteiger partial charge in [0.2, 0.25) is 5.91 Å². The first-order valence-electron chi connectivity index (χ1n) is 7.15. The number of aryl methyl sites for hydroxylation is 1. The van der Waals surface area contributed by atoms with E-state index in [1.165, 1.54) is 12.1 Å². The molecule has 7 heteroatoms. The third-order valence-electron chi connectivity index (χ3n) is 3.82. The lowest BCUT2D eigenvalue weighted by Crippen LogP contribution is -2.29. The molecule has 0 unspecified atom stereocenters. The number of carbonyl (C=O) groups excluding carboxylic acids is 1. The van der Waals surface area contributed by atoms with Crippen molar-refractivity contribution in [2.45, 2.75) is 37.9 Å². The minimum absolute atomic E-state index is 0.0494. The molecule has 2 rings (SSSR count). The number of anilines is 1. The number of hydrogen-bond acceptors (Lipinski definition) is 4. The summed E-state index contributed by atoms with van der Waals surface area (Å²) in [5.41, 5.74) is 0.810. The number of carboxylic acids is 1. The van der Waals surface area contributed by atoms with Crippen molar-refractivity contribution < 1.29 is 23.1 Å². The molecule has 1 saturated carbocycles. The molecule has 1 aliphatic carbocycles. The maximum absolute atomic E-state index is 12.1. The van der Waals surface area contributed by atoms with Crippen molar-refractivity contribution >= 4 is 27.4 Å². The topological polar surface area (TPSA) is 101 Å². The van der Waals surface area contributed by atoms with Crippen LogP contribution in [-0.4, -0.2) is 36.4 Å². The molecule has 0 aromatic heterocycles. The first-order valence-corrected chi connectivity index (χ1v) is 8.86. The van der Waals surface area contributed by atoms with E-state index in [2.05, 4.69) is 5.32 Å². The van der Waals surface area contributed by atoms with Crippen molar-refractivity contribution in [3.63, 3.8) is 0 Å². The lowest BCUT2D eigenvalue weighted by molar-refractivity contribution is -0.113. The van der Waals surface area contributed by atoms with Gasteiger partial charge in [0.1, 0.15) is 5.75 Å². The maximum Gasteiger partial charge on any atom is 0.337 e. The average Bonchev–Trinajstić information content (AvgIpc) is 2.94. The van der Waals surface area contributed by atoms with Gasteiger partial charge in [-0.3, -0.25) is 4.79 Å². The Morgan fingerprint density at radius 1 is 1.27 bits per heavy atom.